The van der Waals surface area contributed by atoms with Crippen LogP contribution in [0.4, 0.5) is 17.1 Å². The van der Waals surface area contributed by atoms with Gasteiger partial charge in [0.05, 0.1) is 21.6 Å². The summed E-state index contributed by atoms with van der Waals surface area (Å²) in [4.78, 5) is 20.3. The third-order valence-electron chi connectivity index (χ3n) is 3.39. The van der Waals surface area contributed by atoms with Gasteiger partial charge in [-0.2, -0.15) is 5.10 Å². The zero-order valence-corrected chi connectivity index (χ0v) is 11.2. The number of nitro benzene ring substituents is 2. The van der Waals surface area contributed by atoms with Gasteiger partial charge in [0.25, 0.3) is 5.69 Å². The number of fused-ring (bicyclic) bond motifs is 1. The molecule has 0 spiro atoms. The Labute approximate surface area is 124 Å². The van der Waals surface area contributed by atoms with Gasteiger partial charge in [-0.15, -0.1) is 0 Å². The fourth-order valence-electron chi connectivity index (χ4n) is 2.23. The molecule has 22 heavy (non-hydrogen) atoms. The summed E-state index contributed by atoms with van der Waals surface area (Å²) in [5.41, 5.74) is 4.99. The molecule has 0 atom stereocenters. The van der Waals surface area contributed by atoms with Crippen LogP contribution in [0.3, 0.4) is 0 Å². The molecule has 0 radical (unpaired) electrons. The van der Waals surface area contributed by atoms with Crippen molar-refractivity contribution in [3.63, 3.8) is 0 Å². The molecule has 0 saturated carbocycles. The number of hydrazone groups is 1. The Morgan fingerprint density at radius 3 is 2.50 bits per heavy atom. The molecule has 0 heterocycles. The van der Waals surface area contributed by atoms with Crippen molar-refractivity contribution >= 4 is 22.8 Å². The average molecular weight is 298 g/mol. The summed E-state index contributed by atoms with van der Waals surface area (Å²) in [7, 11) is 0. The predicted octanol–water partition coefficient (Wildman–Crippen LogP) is 2.88. The first-order valence-electron chi connectivity index (χ1n) is 6.40. The van der Waals surface area contributed by atoms with Crippen molar-refractivity contribution in [3.8, 4) is 0 Å². The number of benzene rings is 2. The standard InChI is InChI=1S/C14H10N4O4/c19-17(20)10-5-6-12(14(8-10)18(21)22)15-16-13-7-9-3-1-2-4-11(9)13/h1-6,8,15H,7H2. The van der Waals surface area contributed by atoms with Crippen LogP contribution >= 0.6 is 0 Å². The second kappa shape index (κ2) is 5.24. The van der Waals surface area contributed by atoms with Gasteiger partial charge in [0, 0.05) is 18.1 Å². The largest absolute Gasteiger partial charge is 0.301 e. The van der Waals surface area contributed by atoms with Crippen LogP contribution in [0.25, 0.3) is 0 Å². The number of non-ortho nitro benzene ring substituents is 1. The van der Waals surface area contributed by atoms with Crippen LogP contribution < -0.4 is 5.43 Å². The van der Waals surface area contributed by atoms with Crippen molar-refractivity contribution in [1.29, 1.82) is 0 Å². The number of nitrogens with one attached hydrogen (secondary N) is 1. The zero-order valence-electron chi connectivity index (χ0n) is 11.2. The molecule has 0 bridgehead atoms. The maximum atomic E-state index is 11.0. The average Bonchev–Trinajstić information content (AvgIpc) is 2.48. The molecule has 8 nitrogen and oxygen atoms in total. The Bertz CT molecular complexity index is 816. The minimum Gasteiger partial charge on any atom is -0.271 e. The van der Waals surface area contributed by atoms with E-state index in [-0.39, 0.29) is 17.1 Å². The number of nitrogens with zero attached hydrogens (tertiary/aromatic N) is 3. The molecule has 0 aliphatic heterocycles. The molecular weight excluding hydrogens is 288 g/mol. The van der Waals surface area contributed by atoms with E-state index in [0.29, 0.717) is 6.42 Å². The lowest BCUT2D eigenvalue weighted by Crippen LogP contribution is -2.21. The minimum atomic E-state index is -0.676. The molecule has 1 aliphatic rings. The summed E-state index contributed by atoms with van der Waals surface area (Å²) in [6.45, 7) is 0. The van der Waals surface area contributed by atoms with Gasteiger partial charge in [-0.1, -0.05) is 24.3 Å². The Morgan fingerprint density at radius 2 is 1.82 bits per heavy atom. The van der Waals surface area contributed by atoms with Gasteiger partial charge in [0.2, 0.25) is 0 Å². The van der Waals surface area contributed by atoms with Gasteiger partial charge in [0.1, 0.15) is 5.69 Å². The van der Waals surface area contributed by atoms with Crippen molar-refractivity contribution in [2.24, 2.45) is 5.10 Å². The van der Waals surface area contributed by atoms with E-state index >= 15 is 0 Å². The second-order valence-electron chi connectivity index (χ2n) is 4.72. The smallest absolute Gasteiger partial charge is 0.271 e. The molecule has 8 heteroatoms. The molecule has 0 amide bonds. The number of hydrogen-bond donors (Lipinski definition) is 1. The van der Waals surface area contributed by atoms with Crippen molar-refractivity contribution in [1.82, 2.24) is 0 Å². The second-order valence-corrected chi connectivity index (χ2v) is 4.72. The fourth-order valence-corrected chi connectivity index (χ4v) is 2.23. The van der Waals surface area contributed by atoms with Gasteiger partial charge in [-0.3, -0.25) is 25.7 Å². The van der Waals surface area contributed by atoms with Crippen LogP contribution in [-0.2, 0) is 6.42 Å². The van der Waals surface area contributed by atoms with Crippen molar-refractivity contribution in [2.45, 2.75) is 6.42 Å². The summed E-state index contributed by atoms with van der Waals surface area (Å²) in [5.74, 6) is 0. The highest BCUT2D eigenvalue weighted by molar-refractivity contribution is 6.10. The number of anilines is 1. The quantitative estimate of drug-likeness (QED) is 0.689. The van der Waals surface area contributed by atoms with Crippen LogP contribution in [0.1, 0.15) is 11.1 Å². The lowest BCUT2D eigenvalue weighted by molar-refractivity contribution is -0.393. The first kappa shape index (κ1) is 13.7. The van der Waals surface area contributed by atoms with E-state index in [1.54, 1.807) is 0 Å². The molecule has 1 N–H and O–H groups in total. The Morgan fingerprint density at radius 1 is 1.05 bits per heavy atom. The van der Waals surface area contributed by atoms with Gasteiger partial charge >= 0.3 is 5.69 Å². The molecule has 0 unspecified atom stereocenters. The summed E-state index contributed by atoms with van der Waals surface area (Å²) in [6, 6.07) is 11.1. The van der Waals surface area contributed by atoms with Gasteiger partial charge < -0.3 is 0 Å². The molecule has 3 rings (SSSR count). The number of rotatable bonds is 4. The minimum absolute atomic E-state index is 0.118. The highest BCUT2D eigenvalue weighted by Gasteiger charge is 2.22. The van der Waals surface area contributed by atoms with Crippen LogP contribution in [0, 0.1) is 20.2 Å². The summed E-state index contributed by atoms with van der Waals surface area (Å²) in [6.07, 6.45) is 0.684. The number of hydrogen-bond acceptors (Lipinski definition) is 6. The first-order valence-corrected chi connectivity index (χ1v) is 6.40. The topological polar surface area (TPSA) is 111 Å². The highest BCUT2D eigenvalue weighted by atomic mass is 16.6. The van der Waals surface area contributed by atoms with Gasteiger partial charge in [-0.25, -0.2) is 0 Å². The third kappa shape index (κ3) is 2.37. The highest BCUT2D eigenvalue weighted by Crippen LogP contribution is 2.30. The monoisotopic (exact) mass is 298 g/mol. The van der Waals surface area contributed by atoms with Crippen LogP contribution in [0.5, 0.6) is 0 Å². The maximum absolute atomic E-state index is 11.0. The Balaban J connectivity index is 1.87. The SMILES string of the molecule is O=[N+]([O-])c1ccc(NN=C2Cc3ccccc32)c([N+](=O)[O-])c1. The lowest BCUT2D eigenvalue weighted by Gasteiger charge is -2.20. The van der Waals surface area contributed by atoms with Crippen molar-refractivity contribution < 1.29 is 9.85 Å². The van der Waals surface area contributed by atoms with Crippen LogP contribution in [0.15, 0.2) is 47.6 Å². The molecular formula is C14H10N4O4. The third-order valence-corrected chi connectivity index (χ3v) is 3.39. The van der Waals surface area contributed by atoms with Crippen molar-refractivity contribution in [3.05, 3.63) is 73.8 Å². The predicted molar refractivity (Wildman–Crippen MR) is 80.1 cm³/mol. The molecule has 1 aliphatic carbocycles. The van der Waals surface area contributed by atoms with Crippen molar-refractivity contribution in [2.75, 3.05) is 5.43 Å². The van der Waals surface area contributed by atoms with Gasteiger partial charge in [0.15, 0.2) is 0 Å². The van der Waals surface area contributed by atoms with E-state index in [2.05, 4.69) is 10.5 Å². The lowest BCUT2D eigenvalue weighted by atomic mass is 9.87. The molecule has 0 aromatic heterocycles. The molecule has 110 valence electrons. The molecule has 2 aromatic rings. The van der Waals surface area contributed by atoms with Crippen LogP contribution in [-0.4, -0.2) is 15.6 Å². The normalized spacial score (nSPS) is 14.1. The summed E-state index contributed by atoms with van der Waals surface area (Å²) < 4.78 is 0. The number of nitro groups is 2. The fraction of sp³-hybridized carbons (Fsp3) is 0.0714. The Kier molecular flexibility index (Phi) is 3.26. The molecule has 0 fully saturated rings. The first-order chi connectivity index (χ1) is 10.6. The van der Waals surface area contributed by atoms with Crippen LogP contribution in [0.2, 0.25) is 0 Å². The summed E-state index contributed by atoms with van der Waals surface area (Å²) >= 11 is 0. The molecule has 2 aromatic carbocycles. The Hall–Kier alpha value is -3.29. The zero-order chi connectivity index (χ0) is 15.7. The van der Waals surface area contributed by atoms with E-state index in [1.165, 1.54) is 17.7 Å². The van der Waals surface area contributed by atoms with E-state index in [1.807, 2.05) is 24.3 Å². The van der Waals surface area contributed by atoms with E-state index in [4.69, 9.17) is 0 Å². The molecule has 0 saturated heterocycles. The van der Waals surface area contributed by atoms with E-state index in [9.17, 15) is 20.2 Å². The maximum Gasteiger partial charge on any atom is 0.301 e. The van der Waals surface area contributed by atoms with E-state index < -0.39 is 9.85 Å². The van der Waals surface area contributed by atoms with Gasteiger partial charge in [-0.05, 0) is 11.6 Å². The van der Waals surface area contributed by atoms with E-state index in [0.717, 1.165) is 17.3 Å². The summed E-state index contributed by atoms with van der Waals surface area (Å²) in [5, 5.41) is 25.8.